The lowest BCUT2D eigenvalue weighted by atomic mass is 10.0. The number of carboxylic acid groups (broad SMARTS) is 1. The van der Waals surface area contributed by atoms with Crippen LogP contribution in [0.15, 0.2) is 42.5 Å². The average molecular weight is 398 g/mol. The smallest absolute Gasteiger partial charge is 0.481 e. The number of aromatic amines is 1. The summed E-state index contributed by atoms with van der Waals surface area (Å²) in [7, 11) is 0. The van der Waals surface area contributed by atoms with Gasteiger partial charge in [0, 0.05) is 27.1 Å². The number of carbonyl (C=O) groups excluding carboxylic acids is 1. The molecule has 3 rings (SSSR count). The number of fused-ring (bicyclic) bond motifs is 1. The van der Waals surface area contributed by atoms with E-state index in [2.05, 4.69) is 9.72 Å². The van der Waals surface area contributed by atoms with Crippen molar-refractivity contribution in [1.29, 1.82) is 0 Å². The molecule has 0 aliphatic rings. The molecule has 2 aromatic carbocycles. The number of carboxylic acids is 1. The number of benzene rings is 2. The van der Waals surface area contributed by atoms with Crippen LogP contribution in [0.5, 0.6) is 5.75 Å². The highest BCUT2D eigenvalue weighted by Crippen LogP contribution is 2.29. The quantitative estimate of drug-likeness (QED) is 0.618. The molecule has 0 bridgehead atoms. The number of ketones is 1. The lowest BCUT2D eigenvalue weighted by Crippen LogP contribution is -2.17. The molecule has 0 saturated heterocycles. The van der Waals surface area contributed by atoms with Gasteiger partial charge in [-0.1, -0.05) is 11.6 Å². The molecule has 9 heteroatoms. The molecule has 2 N–H and O–H groups in total. The predicted octanol–water partition coefficient (Wildman–Crippen LogP) is 4.58. The third-order valence-electron chi connectivity index (χ3n) is 3.77. The first-order valence-electron chi connectivity index (χ1n) is 7.56. The number of aliphatic carboxylic acids is 1. The first-order valence-corrected chi connectivity index (χ1v) is 7.94. The molecular formula is C18H11ClF3NO4. The second-order valence-electron chi connectivity index (χ2n) is 5.64. The van der Waals surface area contributed by atoms with Gasteiger partial charge in [-0.2, -0.15) is 0 Å². The molecule has 0 atom stereocenters. The number of H-pyrrole nitrogens is 1. The van der Waals surface area contributed by atoms with Gasteiger partial charge in [0.05, 0.1) is 12.1 Å². The van der Waals surface area contributed by atoms with Crippen LogP contribution < -0.4 is 4.74 Å². The first kappa shape index (κ1) is 18.8. The summed E-state index contributed by atoms with van der Waals surface area (Å²) in [6.07, 6.45) is -5.26. The Hall–Kier alpha value is -3.00. The normalized spacial score (nSPS) is 11.6. The van der Waals surface area contributed by atoms with Crippen molar-refractivity contribution in [3.8, 4) is 5.75 Å². The summed E-state index contributed by atoms with van der Waals surface area (Å²) in [6, 6.07) is 9.11. The van der Waals surface area contributed by atoms with Crippen LogP contribution in [0.25, 0.3) is 10.9 Å². The Bertz CT molecular complexity index is 1030. The SMILES string of the molecule is O=C(O)Cc1c(C(=O)c2ccc(OC(F)(F)F)cc2)[nH]c2ccc(Cl)cc12. The van der Waals surface area contributed by atoms with Gasteiger partial charge in [0.1, 0.15) is 5.75 Å². The van der Waals surface area contributed by atoms with Crippen molar-refractivity contribution in [3.05, 3.63) is 64.3 Å². The van der Waals surface area contributed by atoms with Crippen LogP contribution in [0.1, 0.15) is 21.6 Å². The molecule has 0 radical (unpaired) electrons. The number of nitrogens with one attached hydrogen (secondary N) is 1. The minimum absolute atomic E-state index is 0.0409. The highest BCUT2D eigenvalue weighted by molar-refractivity contribution is 6.31. The molecule has 1 aromatic heterocycles. The van der Waals surface area contributed by atoms with Gasteiger partial charge in [-0.05, 0) is 42.5 Å². The number of aromatic nitrogens is 1. The van der Waals surface area contributed by atoms with E-state index in [-0.39, 0.29) is 16.8 Å². The van der Waals surface area contributed by atoms with E-state index in [1.165, 1.54) is 12.1 Å². The van der Waals surface area contributed by atoms with Crippen LogP contribution >= 0.6 is 11.6 Å². The Morgan fingerprint density at radius 1 is 1.11 bits per heavy atom. The van der Waals surface area contributed by atoms with Gasteiger partial charge < -0.3 is 14.8 Å². The summed E-state index contributed by atoms with van der Waals surface area (Å²) in [5.74, 6) is -2.16. The summed E-state index contributed by atoms with van der Waals surface area (Å²) in [5, 5.41) is 10.0. The molecule has 1 heterocycles. The number of hydrogen-bond donors (Lipinski definition) is 2. The average Bonchev–Trinajstić information content (AvgIpc) is 2.91. The molecule has 27 heavy (non-hydrogen) atoms. The number of rotatable bonds is 5. The van der Waals surface area contributed by atoms with Crippen molar-refractivity contribution in [1.82, 2.24) is 4.98 Å². The lowest BCUT2D eigenvalue weighted by molar-refractivity contribution is -0.274. The number of alkyl halides is 3. The van der Waals surface area contributed by atoms with Crippen LogP contribution in [0, 0.1) is 0 Å². The van der Waals surface area contributed by atoms with Gasteiger partial charge in [-0.15, -0.1) is 13.2 Å². The van der Waals surface area contributed by atoms with Gasteiger partial charge in [-0.3, -0.25) is 9.59 Å². The van der Waals surface area contributed by atoms with E-state index in [0.717, 1.165) is 12.1 Å². The van der Waals surface area contributed by atoms with Crippen LogP contribution in [0.2, 0.25) is 5.02 Å². The van der Waals surface area contributed by atoms with Crippen LogP contribution in [0.3, 0.4) is 0 Å². The van der Waals surface area contributed by atoms with Gasteiger partial charge in [0.25, 0.3) is 0 Å². The van der Waals surface area contributed by atoms with E-state index in [4.69, 9.17) is 16.7 Å². The van der Waals surface area contributed by atoms with Crippen molar-refractivity contribution in [2.24, 2.45) is 0 Å². The maximum Gasteiger partial charge on any atom is 0.573 e. The fraction of sp³-hybridized carbons (Fsp3) is 0.111. The minimum atomic E-state index is -4.84. The number of carbonyl (C=O) groups is 2. The molecule has 0 fully saturated rings. The van der Waals surface area contributed by atoms with Crippen molar-refractivity contribution >= 4 is 34.3 Å². The largest absolute Gasteiger partial charge is 0.573 e. The molecule has 5 nitrogen and oxygen atoms in total. The topological polar surface area (TPSA) is 79.4 Å². The summed E-state index contributed by atoms with van der Waals surface area (Å²) in [5.41, 5.74) is 0.893. The van der Waals surface area contributed by atoms with Gasteiger partial charge >= 0.3 is 12.3 Å². The third-order valence-corrected chi connectivity index (χ3v) is 4.01. The molecular weight excluding hydrogens is 387 g/mol. The standard InChI is InChI=1S/C18H11ClF3NO4/c19-10-3-6-14-12(7-10)13(8-15(24)25)16(23-14)17(26)9-1-4-11(5-2-9)27-18(20,21)22/h1-7,23H,8H2,(H,24,25). The van der Waals surface area contributed by atoms with Crippen LogP contribution in [0.4, 0.5) is 13.2 Å². The summed E-state index contributed by atoms with van der Waals surface area (Å²) < 4.78 is 40.5. The molecule has 0 amide bonds. The second kappa shape index (κ2) is 6.96. The van der Waals surface area contributed by atoms with Gasteiger partial charge in [-0.25, -0.2) is 0 Å². The van der Waals surface area contributed by atoms with Gasteiger partial charge in [0.15, 0.2) is 0 Å². The van der Waals surface area contributed by atoms with Crippen molar-refractivity contribution in [3.63, 3.8) is 0 Å². The predicted molar refractivity (Wildman–Crippen MR) is 91.2 cm³/mol. The number of hydrogen-bond acceptors (Lipinski definition) is 3. The zero-order chi connectivity index (χ0) is 19.8. The van der Waals surface area contributed by atoms with Crippen molar-refractivity contribution in [2.75, 3.05) is 0 Å². The highest BCUT2D eigenvalue weighted by Gasteiger charge is 2.31. The van der Waals surface area contributed by atoms with E-state index in [0.29, 0.717) is 15.9 Å². The maximum absolute atomic E-state index is 12.8. The van der Waals surface area contributed by atoms with Crippen LogP contribution in [-0.4, -0.2) is 28.2 Å². The summed E-state index contributed by atoms with van der Waals surface area (Å²) in [6.45, 7) is 0. The zero-order valence-corrected chi connectivity index (χ0v) is 14.2. The van der Waals surface area contributed by atoms with E-state index < -0.39 is 30.3 Å². The summed E-state index contributed by atoms with van der Waals surface area (Å²) in [4.78, 5) is 26.8. The highest BCUT2D eigenvalue weighted by atomic mass is 35.5. The maximum atomic E-state index is 12.8. The monoisotopic (exact) mass is 397 g/mol. The Balaban J connectivity index is 2.01. The van der Waals surface area contributed by atoms with Crippen molar-refractivity contribution in [2.45, 2.75) is 12.8 Å². The van der Waals surface area contributed by atoms with Crippen LogP contribution in [-0.2, 0) is 11.2 Å². The molecule has 0 saturated carbocycles. The Morgan fingerprint density at radius 3 is 2.37 bits per heavy atom. The van der Waals surface area contributed by atoms with Gasteiger partial charge in [0.2, 0.25) is 5.78 Å². The Labute approximate surface area is 155 Å². The molecule has 0 aliphatic carbocycles. The third kappa shape index (κ3) is 4.22. The molecule has 0 aliphatic heterocycles. The number of halogens is 4. The first-order chi connectivity index (χ1) is 12.6. The molecule has 0 unspecified atom stereocenters. The van der Waals surface area contributed by atoms with E-state index >= 15 is 0 Å². The summed E-state index contributed by atoms with van der Waals surface area (Å²) >= 11 is 5.95. The molecule has 0 spiro atoms. The Kier molecular flexibility index (Phi) is 4.84. The van der Waals surface area contributed by atoms with E-state index in [9.17, 15) is 22.8 Å². The Morgan fingerprint density at radius 2 is 1.78 bits per heavy atom. The van der Waals surface area contributed by atoms with Crippen molar-refractivity contribution < 1.29 is 32.6 Å². The minimum Gasteiger partial charge on any atom is -0.481 e. The molecule has 3 aromatic rings. The molecule has 140 valence electrons. The van der Waals surface area contributed by atoms with E-state index in [1.54, 1.807) is 18.2 Å². The zero-order valence-electron chi connectivity index (χ0n) is 13.4. The number of ether oxygens (including phenoxy) is 1. The fourth-order valence-electron chi connectivity index (χ4n) is 2.70. The fourth-order valence-corrected chi connectivity index (χ4v) is 2.87. The second-order valence-corrected chi connectivity index (χ2v) is 6.08. The van der Waals surface area contributed by atoms with E-state index in [1.807, 2.05) is 0 Å². The lowest BCUT2D eigenvalue weighted by Gasteiger charge is -2.09.